The van der Waals surface area contributed by atoms with Crippen LogP contribution in [0.4, 0.5) is 0 Å². The van der Waals surface area contributed by atoms with Crippen molar-refractivity contribution in [1.82, 2.24) is 14.9 Å². The Morgan fingerprint density at radius 1 is 1.27 bits per heavy atom. The van der Waals surface area contributed by atoms with Gasteiger partial charge < -0.3 is 4.98 Å². The smallest absolute Gasteiger partial charge is 0.103 e. The summed E-state index contributed by atoms with van der Waals surface area (Å²) in [5, 5.41) is 0. The monoisotopic (exact) mass is 297 g/mol. The standard InChI is InChI=1S/C19H27N3/c1-15-6-3-4-8-18(15)10-9-17-7-5-11-22(13-17)14-19-12-20-16(2)21-19/h3-4,6,8,12,17H,5,7,9-11,13-14H2,1-2H3,(H,20,21)/t17-/m1/s1. The minimum absolute atomic E-state index is 0.831. The van der Waals surface area contributed by atoms with E-state index >= 15 is 0 Å². The zero-order chi connectivity index (χ0) is 15.4. The molecule has 22 heavy (non-hydrogen) atoms. The van der Waals surface area contributed by atoms with Crippen LogP contribution >= 0.6 is 0 Å². The summed E-state index contributed by atoms with van der Waals surface area (Å²) < 4.78 is 0. The lowest BCUT2D eigenvalue weighted by Crippen LogP contribution is -2.35. The van der Waals surface area contributed by atoms with E-state index in [1.165, 1.54) is 55.6 Å². The van der Waals surface area contributed by atoms with Gasteiger partial charge in [0, 0.05) is 25.0 Å². The van der Waals surface area contributed by atoms with Crippen molar-refractivity contribution in [3.8, 4) is 0 Å². The number of aromatic amines is 1. The van der Waals surface area contributed by atoms with Crippen LogP contribution in [0.2, 0.25) is 0 Å². The maximum absolute atomic E-state index is 4.30. The van der Waals surface area contributed by atoms with Crippen molar-refractivity contribution >= 4 is 0 Å². The number of nitrogens with zero attached hydrogens (tertiary/aromatic N) is 2. The molecule has 2 heterocycles. The molecule has 118 valence electrons. The van der Waals surface area contributed by atoms with Crippen LogP contribution in [-0.4, -0.2) is 28.0 Å². The van der Waals surface area contributed by atoms with Crippen LogP contribution in [0.25, 0.3) is 0 Å². The van der Waals surface area contributed by atoms with Gasteiger partial charge in [0.05, 0.1) is 0 Å². The lowest BCUT2D eigenvalue weighted by Gasteiger charge is -2.32. The summed E-state index contributed by atoms with van der Waals surface area (Å²) >= 11 is 0. The molecule has 0 spiro atoms. The molecule has 1 atom stereocenters. The number of hydrogen-bond acceptors (Lipinski definition) is 2. The van der Waals surface area contributed by atoms with Gasteiger partial charge in [-0.15, -0.1) is 0 Å². The molecule has 3 rings (SSSR count). The highest BCUT2D eigenvalue weighted by Crippen LogP contribution is 2.23. The van der Waals surface area contributed by atoms with Crippen LogP contribution in [0, 0.1) is 19.8 Å². The van der Waals surface area contributed by atoms with E-state index in [0.29, 0.717) is 0 Å². The van der Waals surface area contributed by atoms with Gasteiger partial charge in [-0.05, 0) is 63.1 Å². The van der Waals surface area contributed by atoms with E-state index in [1.807, 2.05) is 13.1 Å². The van der Waals surface area contributed by atoms with Crippen LogP contribution in [0.1, 0.15) is 41.9 Å². The SMILES string of the molecule is Cc1ncc(CN2CCC[C@H](CCc3ccccc3C)C2)[nH]1. The normalized spacial score (nSPS) is 19.5. The molecule has 3 heteroatoms. The first-order chi connectivity index (χ1) is 10.7. The number of benzene rings is 1. The molecule has 0 radical (unpaired) electrons. The average molecular weight is 297 g/mol. The molecular formula is C19H27N3. The molecular weight excluding hydrogens is 270 g/mol. The Morgan fingerprint density at radius 3 is 2.91 bits per heavy atom. The van der Waals surface area contributed by atoms with Gasteiger partial charge in [-0.1, -0.05) is 24.3 Å². The maximum atomic E-state index is 4.30. The van der Waals surface area contributed by atoms with E-state index in [1.54, 1.807) is 0 Å². The molecule has 1 fully saturated rings. The van der Waals surface area contributed by atoms with E-state index < -0.39 is 0 Å². The Balaban J connectivity index is 1.51. The van der Waals surface area contributed by atoms with E-state index in [9.17, 15) is 0 Å². The number of likely N-dealkylation sites (tertiary alicyclic amines) is 1. The Hall–Kier alpha value is -1.61. The number of hydrogen-bond donors (Lipinski definition) is 1. The molecule has 1 aromatic heterocycles. The second kappa shape index (κ2) is 7.10. The summed E-state index contributed by atoms with van der Waals surface area (Å²) in [6, 6.07) is 8.80. The van der Waals surface area contributed by atoms with Crippen LogP contribution in [0.5, 0.6) is 0 Å². The summed E-state index contributed by atoms with van der Waals surface area (Å²) in [5.74, 6) is 1.85. The summed E-state index contributed by atoms with van der Waals surface area (Å²) in [7, 11) is 0. The Bertz CT molecular complexity index is 602. The summed E-state index contributed by atoms with van der Waals surface area (Å²) in [6.45, 7) is 7.71. The third-order valence-corrected chi connectivity index (χ3v) is 4.84. The third-order valence-electron chi connectivity index (χ3n) is 4.84. The Labute approximate surface area is 133 Å². The van der Waals surface area contributed by atoms with Gasteiger partial charge in [-0.3, -0.25) is 4.90 Å². The van der Waals surface area contributed by atoms with Crippen LogP contribution in [-0.2, 0) is 13.0 Å². The lowest BCUT2D eigenvalue weighted by molar-refractivity contribution is 0.160. The zero-order valence-corrected chi connectivity index (χ0v) is 13.8. The Morgan fingerprint density at radius 2 is 2.14 bits per heavy atom. The first-order valence-corrected chi connectivity index (χ1v) is 8.48. The third kappa shape index (κ3) is 3.98. The van der Waals surface area contributed by atoms with E-state index in [4.69, 9.17) is 0 Å². The fourth-order valence-corrected chi connectivity index (χ4v) is 3.57. The fourth-order valence-electron chi connectivity index (χ4n) is 3.57. The average Bonchev–Trinajstić information content (AvgIpc) is 2.92. The highest BCUT2D eigenvalue weighted by Gasteiger charge is 2.20. The number of aryl methyl sites for hydroxylation is 3. The van der Waals surface area contributed by atoms with Gasteiger partial charge in [0.15, 0.2) is 0 Å². The molecule has 0 saturated carbocycles. The lowest BCUT2D eigenvalue weighted by atomic mass is 9.90. The topological polar surface area (TPSA) is 31.9 Å². The molecule has 2 aromatic rings. The Kier molecular flexibility index (Phi) is 4.94. The second-order valence-corrected chi connectivity index (χ2v) is 6.70. The molecule has 0 bridgehead atoms. The first-order valence-electron chi connectivity index (χ1n) is 8.48. The van der Waals surface area contributed by atoms with Crippen molar-refractivity contribution in [3.63, 3.8) is 0 Å². The minimum atomic E-state index is 0.831. The molecule has 1 aromatic carbocycles. The summed E-state index contributed by atoms with van der Waals surface area (Å²) in [5.41, 5.74) is 4.20. The number of piperidine rings is 1. The largest absolute Gasteiger partial charge is 0.345 e. The van der Waals surface area contributed by atoms with Crippen LogP contribution in [0.15, 0.2) is 30.5 Å². The highest BCUT2D eigenvalue weighted by atomic mass is 15.1. The predicted octanol–water partition coefficient (Wildman–Crippen LogP) is 3.87. The zero-order valence-electron chi connectivity index (χ0n) is 13.8. The van der Waals surface area contributed by atoms with E-state index in [2.05, 4.69) is 46.1 Å². The molecule has 3 nitrogen and oxygen atoms in total. The molecule has 0 amide bonds. The molecule has 0 aliphatic carbocycles. The molecule has 0 unspecified atom stereocenters. The minimum Gasteiger partial charge on any atom is -0.345 e. The predicted molar refractivity (Wildman–Crippen MR) is 90.8 cm³/mol. The van der Waals surface area contributed by atoms with Gasteiger partial charge >= 0.3 is 0 Å². The second-order valence-electron chi connectivity index (χ2n) is 6.70. The van der Waals surface area contributed by atoms with Gasteiger partial charge in [0.25, 0.3) is 0 Å². The van der Waals surface area contributed by atoms with Crippen molar-refractivity contribution in [1.29, 1.82) is 0 Å². The van der Waals surface area contributed by atoms with E-state index in [0.717, 1.165) is 18.3 Å². The van der Waals surface area contributed by atoms with Crippen molar-refractivity contribution in [3.05, 3.63) is 53.1 Å². The van der Waals surface area contributed by atoms with Crippen molar-refractivity contribution < 1.29 is 0 Å². The molecule has 1 aliphatic rings. The van der Waals surface area contributed by atoms with Crippen LogP contribution < -0.4 is 0 Å². The first kappa shape index (κ1) is 15.3. The highest BCUT2D eigenvalue weighted by molar-refractivity contribution is 5.25. The number of imidazole rings is 1. The van der Waals surface area contributed by atoms with Crippen LogP contribution in [0.3, 0.4) is 0 Å². The number of aromatic nitrogens is 2. The van der Waals surface area contributed by atoms with E-state index in [-0.39, 0.29) is 0 Å². The van der Waals surface area contributed by atoms with Crippen molar-refractivity contribution in [2.24, 2.45) is 5.92 Å². The fraction of sp³-hybridized carbons (Fsp3) is 0.526. The number of H-pyrrole nitrogens is 1. The van der Waals surface area contributed by atoms with Gasteiger partial charge in [0.1, 0.15) is 5.82 Å². The van der Waals surface area contributed by atoms with Crippen molar-refractivity contribution in [2.45, 2.75) is 46.1 Å². The summed E-state index contributed by atoms with van der Waals surface area (Å²) in [6.07, 6.45) is 7.21. The number of nitrogens with one attached hydrogen (secondary N) is 1. The molecule has 1 saturated heterocycles. The summed E-state index contributed by atoms with van der Waals surface area (Å²) in [4.78, 5) is 10.2. The molecule has 1 N–H and O–H groups in total. The van der Waals surface area contributed by atoms with Crippen molar-refractivity contribution in [2.75, 3.05) is 13.1 Å². The van der Waals surface area contributed by atoms with Gasteiger partial charge in [-0.25, -0.2) is 4.98 Å². The quantitative estimate of drug-likeness (QED) is 0.908. The molecule has 1 aliphatic heterocycles. The number of rotatable bonds is 5. The van der Waals surface area contributed by atoms with Gasteiger partial charge in [0.2, 0.25) is 0 Å². The maximum Gasteiger partial charge on any atom is 0.103 e. The van der Waals surface area contributed by atoms with Gasteiger partial charge in [-0.2, -0.15) is 0 Å².